The van der Waals surface area contributed by atoms with Crippen LogP contribution in [0.5, 0.6) is 11.6 Å². The van der Waals surface area contributed by atoms with E-state index in [-0.39, 0.29) is 0 Å². The zero-order valence-electron chi connectivity index (χ0n) is 12.5. The van der Waals surface area contributed by atoms with E-state index in [1.54, 1.807) is 0 Å². The van der Waals surface area contributed by atoms with Gasteiger partial charge in [0.15, 0.2) is 0 Å². The predicted octanol–water partition coefficient (Wildman–Crippen LogP) is 4.56. The van der Waals surface area contributed by atoms with Gasteiger partial charge >= 0.3 is 0 Å². The number of hydrogen-bond acceptors (Lipinski definition) is 3. The number of ether oxygens (including phenoxy) is 1. The van der Waals surface area contributed by atoms with Gasteiger partial charge < -0.3 is 4.74 Å². The molecule has 0 saturated heterocycles. The molecule has 0 N–H and O–H groups in total. The number of aryl methyl sites for hydroxylation is 2. The molecule has 1 heterocycles. The van der Waals surface area contributed by atoms with Crippen molar-refractivity contribution in [3.05, 3.63) is 47.9 Å². The lowest BCUT2D eigenvalue weighted by Crippen LogP contribution is -2.01. The quantitative estimate of drug-likeness (QED) is 0.772. The number of benzene rings is 1. The van der Waals surface area contributed by atoms with Crippen LogP contribution in [0, 0.1) is 12.8 Å². The van der Waals surface area contributed by atoms with Gasteiger partial charge in [-0.2, -0.15) is 0 Å². The van der Waals surface area contributed by atoms with Gasteiger partial charge in [-0.1, -0.05) is 38.5 Å². The van der Waals surface area contributed by atoms with Crippen LogP contribution in [-0.2, 0) is 6.42 Å². The van der Waals surface area contributed by atoms with E-state index in [9.17, 15) is 0 Å². The molecule has 0 fully saturated rings. The summed E-state index contributed by atoms with van der Waals surface area (Å²) in [5.41, 5.74) is 1.89. The molecule has 1 aromatic heterocycles. The Morgan fingerprint density at radius 2 is 1.95 bits per heavy atom. The molecule has 1 unspecified atom stereocenters. The summed E-state index contributed by atoms with van der Waals surface area (Å²) >= 11 is 0. The standard InChI is InChI=1S/C17H22N2O/c1-4-13(2)10-11-15-12-18-17(14(3)19-15)20-16-8-6-5-7-9-16/h5-9,12-13H,4,10-11H2,1-3H3. The van der Waals surface area contributed by atoms with Gasteiger partial charge in [0.2, 0.25) is 5.88 Å². The van der Waals surface area contributed by atoms with Gasteiger partial charge in [-0.05, 0) is 37.8 Å². The fraction of sp³-hybridized carbons (Fsp3) is 0.412. The zero-order valence-corrected chi connectivity index (χ0v) is 12.5. The lowest BCUT2D eigenvalue weighted by atomic mass is 10.0. The Labute approximate surface area is 121 Å². The summed E-state index contributed by atoms with van der Waals surface area (Å²) in [7, 11) is 0. The summed E-state index contributed by atoms with van der Waals surface area (Å²) < 4.78 is 5.74. The number of nitrogens with zero attached hydrogens (tertiary/aromatic N) is 2. The van der Waals surface area contributed by atoms with E-state index in [0.29, 0.717) is 5.88 Å². The van der Waals surface area contributed by atoms with Crippen molar-refractivity contribution in [3.63, 3.8) is 0 Å². The van der Waals surface area contributed by atoms with Crippen molar-refractivity contribution in [2.75, 3.05) is 0 Å². The van der Waals surface area contributed by atoms with Crippen molar-refractivity contribution in [2.45, 2.75) is 40.0 Å². The molecule has 0 bridgehead atoms. The van der Waals surface area contributed by atoms with E-state index in [0.717, 1.165) is 35.9 Å². The second-order valence-corrected chi connectivity index (χ2v) is 5.22. The minimum Gasteiger partial charge on any atom is -0.437 e. The fourth-order valence-electron chi connectivity index (χ4n) is 1.94. The molecule has 0 spiro atoms. The first-order valence-electron chi connectivity index (χ1n) is 7.24. The van der Waals surface area contributed by atoms with E-state index in [1.165, 1.54) is 6.42 Å². The van der Waals surface area contributed by atoms with Crippen molar-refractivity contribution in [1.29, 1.82) is 0 Å². The van der Waals surface area contributed by atoms with Crippen LogP contribution in [0.3, 0.4) is 0 Å². The number of hydrogen-bond donors (Lipinski definition) is 0. The molecule has 3 nitrogen and oxygen atoms in total. The largest absolute Gasteiger partial charge is 0.437 e. The van der Waals surface area contributed by atoms with Gasteiger partial charge in [0.1, 0.15) is 11.4 Å². The van der Waals surface area contributed by atoms with Crippen LogP contribution in [0.25, 0.3) is 0 Å². The normalized spacial score (nSPS) is 12.2. The summed E-state index contributed by atoms with van der Waals surface area (Å²) in [5, 5.41) is 0. The Morgan fingerprint density at radius 3 is 2.60 bits per heavy atom. The van der Waals surface area contributed by atoms with Gasteiger partial charge in [0, 0.05) is 0 Å². The summed E-state index contributed by atoms with van der Waals surface area (Å²) in [4.78, 5) is 8.98. The molecule has 0 amide bonds. The maximum atomic E-state index is 5.74. The van der Waals surface area contributed by atoms with Gasteiger partial charge in [0.25, 0.3) is 0 Å². The van der Waals surface area contributed by atoms with E-state index in [2.05, 4.69) is 23.8 Å². The first kappa shape index (κ1) is 14.5. The molecule has 0 aliphatic rings. The summed E-state index contributed by atoms with van der Waals surface area (Å²) in [5.74, 6) is 2.11. The fourth-order valence-corrected chi connectivity index (χ4v) is 1.94. The van der Waals surface area contributed by atoms with Crippen LogP contribution in [0.2, 0.25) is 0 Å². The molecule has 1 atom stereocenters. The Hall–Kier alpha value is -1.90. The maximum Gasteiger partial charge on any atom is 0.240 e. The molecular formula is C17H22N2O. The number of rotatable bonds is 6. The van der Waals surface area contributed by atoms with Gasteiger partial charge in [-0.25, -0.2) is 4.98 Å². The predicted molar refractivity (Wildman–Crippen MR) is 81.1 cm³/mol. The van der Waals surface area contributed by atoms with E-state index < -0.39 is 0 Å². The number of aromatic nitrogens is 2. The SMILES string of the molecule is CCC(C)CCc1cnc(Oc2ccccc2)c(C)n1. The lowest BCUT2D eigenvalue weighted by Gasteiger charge is -2.10. The molecule has 20 heavy (non-hydrogen) atoms. The van der Waals surface area contributed by atoms with Crippen LogP contribution in [0.15, 0.2) is 36.5 Å². The van der Waals surface area contributed by atoms with Crippen LogP contribution in [0.1, 0.15) is 38.1 Å². The number of para-hydroxylation sites is 1. The maximum absolute atomic E-state index is 5.74. The zero-order chi connectivity index (χ0) is 14.4. The van der Waals surface area contributed by atoms with E-state index in [1.807, 2.05) is 43.5 Å². The minimum atomic E-state index is 0.587. The van der Waals surface area contributed by atoms with Crippen LogP contribution in [0.4, 0.5) is 0 Å². The highest BCUT2D eigenvalue weighted by Gasteiger charge is 2.07. The highest BCUT2D eigenvalue weighted by Crippen LogP contribution is 2.21. The van der Waals surface area contributed by atoms with Crippen molar-refractivity contribution < 1.29 is 4.74 Å². The Morgan fingerprint density at radius 1 is 1.20 bits per heavy atom. The molecule has 0 saturated carbocycles. The molecule has 2 aromatic rings. The average molecular weight is 270 g/mol. The van der Waals surface area contributed by atoms with Crippen molar-refractivity contribution in [3.8, 4) is 11.6 Å². The van der Waals surface area contributed by atoms with Crippen LogP contribution in [-0.4, -0.2) is 9.97 Å². The Balaban J connectivity index is 2.02. The van der Waals surface area contributed by atoms with Crippen LogP contribution >= 0.6 is 0 Å². The third-order valence-corrected chi connectivity index (χ3v) is 3.50. The Bertz CT molecular complexity index is 540. The van der Waals surface area contributed by atoms with E-state index in [4.69, 9.17) is 4.74 Å². The van der Waals surface area contributed by atoms with Gasteiger partial charge in [-0.3, -0.25) is 4.98 Å². The topological polar surface area (TPSA) is 35.0 Å². The summed E-state index contributed by atoms with van der Waals surface area (Å²) in [6.07, 6.45) is 5.17. The first-order chi connectivity index (χ1) is 9.69. The third kappa shape index (κ3) is 4.05. The highest BCUT2D eigenvalue weighted by molar-refractivity contribution is 5.28. The van der Waals surface area contributed by atoms with E-state index >= 15 is 0 Å². The van der Waals surface area contributed by atoms with Crippen molar-refractivity contribution >= 4 is 0 Å². The molecule has 106 valence electrons. The van der Waals surface area contributed by atoms with Gasteiger partial charge in [-0.15, -0.1) is 0 Å². The molecule has 0 aliphatic heterocycles. The summed E-state index contributed by atoms with van der Waals surface area (Å²) in [6.45, 7) is 6.43. The molecule has 0 radical (unpaired) electrons. The van der Waals surface area contributed by atoms with Crippen molar-refractivity contribution in [1.82, 2.24) is 9.97 Å². The Kier molecular flexibility index (Phi) is 5.10. The second-order valence-electron chi connectivity index (χ2n) is 5.22. The highest BCUT2D eigenvalue weighted by atomic mass is 16.5. The molecule has 2 rings (SSSR count). The molecule has 3 heteroatoms. The van der Waals surface area contributed by atoms with Crippen LogP contribution < -0.4 is 4.74 Å². The van der Waals surface area contributed by atoms with Gasteiger partial charge in [0.05, 0.1) is 11.9 Å². The monoisotopic (exact) mass is 270 g/mol. The minimum absolute atomic E-state index is 0.587. The third-order valence-electron chi connectivity index (χ3n) is 3.50. The molecule has 0 aliphatic carbocycles. The first-order valence-corrected chi connectivity index (χ1v) is 7.24. The summed E-state index contributed by atoms with van der Waals surface area (Å²) in [6, 6.07) is 9.68. The lowest BCUT2D eigenvalue weighted by molar-refractivity contribution is 0.452. The second kappa shape index (κ2) is 7.04. The molecule has 1 aromatic carbocycles. The average Bonchev–Trinajstić information content (AvgIpc) is 2.48. The smallest absolute Gasteiger partial charge is 0.240 e. The molecular weight excluding hydrogens is 248 g/mol. The van der Waals surface area contributed by atoms with Crippen molar-refractivity contribution in [2.24, 2.45) is 5.92 Å².